The van der Waals surface area contributed by atoms with E-state index in [-0.39, 0.29) is 16.5 Å². The fourth-order valence-electron chi connectivity index (χ4n) is 5.46. The molecule has 0 fully saturated rings. The van der Waals surface area contributed by atoms with Crippen molar-refractivity contribution in [2.45, 2.75) is 0 Å². The van der Waals surface area contributed by atoms with E-state index in [1.54, 1.807) is 0 Å². The molecule has 0 radical (unpaired) electrons. The van der Waals surface area contributed by atoms with E-state index < -0.39 is 0 Å². The first-order valence-electron chi connectivity index (χ1n) is 13.7. The van der Waals surface area contributed by atoms with Gasteiger partial charge in [-0.15, -0.1) is 0 Å². The van der Waals surface area contributed by atoms with E-state index in [0.717, 1.165) is 58.0 Å². The first kappa shape index (κ1) is 29.7. The number of aromatic nitrogens is 8. The average Bonchev–Trinajstić information content (AvgIpc) is 3.82. The summed E-state index contributed by atoms with van der Waals surface area (Å²) in [6.45, 7) is 0. The Hall–Kier alpha value is -5.35. The molecule has 5 heterocycles. The minimum Gasteiger partial charge on any atom is -0.857 e. The predicted molar refractivity (Wildman–Crippen MR) is 166 cm³/mol. The Morgan fingerprint density at radius 1 is 0.356 bits per heavy atom. The number of nitrogens with zero attached hydrogens (tertiary/aromatic N) is 8. The van der Waals surface area contributed by atoms with Gasteiger partial charge in [-0.3, -0.25) is 0 Å². The zero-order valence-corrected chi connectivity index (χ0v) is 24.9. The topological polar surface area (TPSA) is 152 Å². The number of hydrogen-bond acceptors (Lipinski definition) is 8. The van der Waals surface area contributed by atoms with Crippen molar-refractivity contribution in [3.8, 4) is 45.6 Å². The largest absolute Gasteiger partial charge is 0.857 e. The van der Waals surface area contributed by atoms with Crippen molar-refractivity contribution in [1.29, 1.82) is 0 Å². The SMILES string of the molecule is C[O-].C[O-].[Ni].c1ccc2c(c1)-c1nc-2nc2[n-]c(nc3nc(nc4[n-]c(n1)c1ccccc41)-c1ccccc1-3)c1ccccc21. The maximum atomic E-state index is 8.25. The molecule has 0 amide bonds. The molecule has 0 saturated heterocycles. The van der Waals surface area contributed by atoms with Crippen molar-refractivity contribution in [3.05, 3.63) is 97.1 Å². The number of hydrogen-bond donors (Lipinski definition) is 0. The molecule has 0 unspecified atom stereocenters. The van der Waals surface area contributed by atoms with E-state index in [1.165, 1.54) is 0 Å². The molecule has 4 aromatic carbocycles. The van der Waals surface area contributed by atoms with Gasteiger partial charge in [0, 0.05) is 61.3 Å². The maximum Gasteiger partial charge on any atom is 0.0927 e. The minimum atomic E-state index is 0. The summed E-state index contributed by atoms with van der Waals surface area (Å²) in [5, 5.41) is 20.1. The van der Waals surface area contributed by atoms with Crippen molar-refractivity contribution < 1.29 is 26.7 Å². The van der Waals surface area contributed by atoms with Crippen LogP contribution in [0.1, 0.15) is 0 Å². The van der Waals surface area contributed by atoms with Crippen LogP contribution in [-0.4, -0.2) is 44.1 Å². The molecule has 2 aliphatic rings. The van der Waals surface area contributed by atoms with Crippen LogP contribution in [0.4, 0.5) is 0 Å². The quantitative estimate of drug-likeness (QED) is 0.224. The van der Waals surface area contributed by atoms with Crippen LogP contribution < -0.4 is 20.2 Å². The van der Waals surface area contributed by atoms with E-state index in [1.807, 2.05) is 97.1 Å². The van der Waals surface area contributed by atoms with E-state index in [4.69, 9.17) is 50.1 Å². The Bertz CT molecular complexity index is 2050. The Kier molecular flexibility index (Phi) is 8.14. The van der Waals surface area contributed by atoms with Gasteiger partial charge in [-0.05, 0) is 21.5 Å². The van der Waals surface area contributed by atoms with Gasteiger partial charge in [0.25, 0.3) is 0 Å². The molecule has 0 atom stereocenters. The van der Waals surface area contributed by atoms with E-state index in [2.05, 4.69) is 0 Å². The van der Waals surface area contributed by atoms with E-state index >= 15 is 0 Å². The molecule has 224 valence electrons. The van der Waals surface area contributed by atoms with E-state index in [9.17, 15) is 0 Å². The summed E-state index contributed by atoms with van der Waals surface area (Å²) in [6.07, 6.45) is 0. The van der Waals surface area contributed by atoms with Crippen LogP contribution in [0.5, 0.6) is 0 Å². The minimum absolute atomic E-state index is 0. The third-order valence-corrected chi connectivity index (χ3v) is 7.33. The molecular formula is C34H22N8NiO2-4. The summed E-state index contributed by atoms with van der Waals surface area (Å²) in [7, 11) is 1.50. The van der Waals surface area contributed by atoms with E-state index in [0.29, 0.717) is 45.9 Å². The molecule has 8 bridgehead atoms. The summed E-state index contributed by atoms with van der Waals surface area (Å²) in [5.74, 6) is 2.21. The molecule has 45 heavy (non-hydrogen) atoms. The molecule has 0 aliphatic carbocycles. The molecule has 11 heteroatoms. The summed E-state index contributed by atoms with van der Waals surface area (Å²) >= 11 is 0. The van der Waals surface area contributed by atoms with Crippen LogP contribution in [0.3, 0.4) is 0 Å². The van der Waals surface area contributed by atoms with Crippen LogP contribution in [0.25, 0.3) is 89.7 Å². The van der Waals surface area contributed by atoms with Crippen molar-refractivity contribution in [3.63, 3.8) is 0 Å². The number of benzene rings is 4. The van der Waals surface area contributed by atoms with Gasteiger partial charge in [-0.25, -0.2) is 9.97 Å². The van der Waals surface area contributed by atoms with Gasteiger partial charge in [-0.1, -0.05) is 97.1 Å². The Labute approximate surface area is 266 Å². The second kappa shape index (κ2) is 12.3. The van der Waals surface area contributed by atoms with Gasteiger partial charge in [0.2, 0.25) is 0 Å². The molecule has 7 aromatic rings. The monoisotopic (exact) mass is 632 g/mol. The Morgan fingerprint density at radius 3 is 0.822 bits per heavy atom. The van der Waals surface area contributed by atoms with Crippen LogP contribution >= 0.6 is 0 Å². The molecule has 2 aliphatic heterocycles. The van der Waals surface area contributed by atoms with Crippen molar-refractivity contribution >= 4 is 44.1 Å². The number of rotatable bonds is 0. The average molecular weight is 633 g/mol. The Balaban J connectivity index is 0.000000689. The first-order valence-corrected chi connectivity index (χ1v) is 13.7. The second-order valence-electron chi connectivity index (χ2n) is 9.67. The van der Waals surface area contributed by atoms with Gasteiger partial charge in [-0.2, -0.15) is 14.2 Å². The van der Waals surface area contributed by atoms with Crippen molar-refractivity contribution in [2.24, 2.45) is 0 Å². The van der Waals surface area contributed by atoms with Crippen LogP contribution in [0.2, 0.25) is 0 Å². The van der Waals surface area contributed by atoms with Crippen LogP contribution in [0, 0.1) is 0 Å². The summed E-state index contributed by atoms with van der Waals surface area (Å²) in [6, 6.07) is 31.8. The fourth-order valence-corrected chi connectivity index (χ4v) is 5.46. The third-order valence-electron chi connectivity index (χ3n) is 7.33. The molecule has 9 rings (SSSR count). The Morgan fingerprint density at radius 2 is 0.578 bits per heavy atom. The smallest absolute Gasteiger partial charge is 0.0927 e. The van der Waals surface area contributed by atoms with Gasteiger partial charge >= 0.3 is 0 Å². The third kappa shape index (κ3) is 4.93. The van der Waals surface area contributed by atoms with Gasteiger partial charge in [0.15, 0.2) is 0 Å². The van der Waals surface area contributed by atoms with Crippen molar-refractivity contribution in [2.75, 3.05) is 14.2 Å². The fraction of sp³-hybridized carbons (Fsp3) is 0.0588. The molecule has 0 N–H and O–H groups in total. The number of fused-ring (bicyclic) bond motifs is 20. The standard InChI is InChI=1S/C32H16N8.2CH3O.Ni/c1-2-10-18-17(9-1)25-33-26(18)38-28-21-13-5-6-14-22(21)30(35-28)40-32-24-16-8-7-15-23(24)31(36-32)39-29-20-12-4-3-11-19(20)27(34-29)37-25;2*1-2;/h1-16H;2*1H3;/q-2;2*-1;. The van der Waals surface area contributed by atoms with Crippen molar-refractivity contribution in [1.82, 2.24) is 39.9 Å². The molecule has 10 nitrogen and oxygen atoms in total. The molecule has 3 aromatic heterocycles. The van der Waals surface area contributed by atoms with Gasteiger partial charge in [0.05, 0.1) is 23.3 Å². The van der Waals surface area contributed by atoms with Crippen LogP contribution in [-0.2, 0) is 16.5 Å². The zero-order chi connectivity index (χ0) is 30.2. The maximum absolute atomic E-state index is 8.25. The normalized spacial score (nSPS) is 10.9. The summed E-state index contributed by atoms with van der Waals surface area (Å²) in [4.78, 5) is 39.3. The predicted octanol–water partition coefficient (Wildman–Crippen LogP) is 4.08. The molecule has 0 saturated carbocycles. The summed E-state index contributed by atoms with van der Waals surface area (Å²) < 4.78 is 0. The van der Waals surface area contributed by atoms with Gasteiger partial charge < -0.3 is 40.1 Å². The van der Waals surface area contributed by atoms with Crippen LogP contribution in [0.15, 0.2) is 97.1 Å². The summed E-state index contributed by atoms with van der Waals surface area (Å²) in [5.41, 5.74) is 5.78. The first-order chi connectivity index (χ1) is 21.8. The zero-order valence-electron chi connectivity index (χ0n) is 23.9. The second-order valence-corrected chi connectivity index (χ2v) is 9.67. The molecular weight excluding hydrogens is 611 g/mol. The van der Waals surface area contributed by atoms with Gasteiger partial charge in [0.1, 0.15) is 0 Å². The molecule has 0 spiro atoms.